The number of rotatable bonds is 3. The van der Waals surface area contributed by atoms with Crippen LogP contribution in [-0.2, 0) is 9.59 Å². The molecule has 0 saturated carbocycles. The number of halogens is 2. The molecule has 1 unspecified atom stereocenters. The number of Topliss-reactive ketones (excluding diaryl/α,β-unsaturated/α-hetero) is 1. The van der Waals surface area contributed by atoms with Crippen LogP contribution in [-0.4, -0.2) is 26.8 Å². The van der Waals surface area contributed by atoms with E-state index in [9.17, 15) is 23.5 Å². The van der Waals surface area contributed by atoms with E-state index in [0.29, 0.717) is 0 Å². The minimum Gasteiger partial charge on any atom is -0.507 e. The molecule has 8 heteroatoms. The normalized spacial score (nSPS) is 18.3. The summed E-state index contributed by atoms with van der Waals surface area (Å²) in [6.45, 7) is 0. The summed E-state index contributed by atoms with van der Waals surface area (Å²) in [5, 5.41) is 10.8. The third-order valence-electron chi connectivity index (χ3n) is 4.53. The van der Waals surface area contributed by atoms with E-state index in [-0.39, 0.29) is 22.6 Å². The van der Waals surface area contributed by atoms with Crippen LogP contribution in [0.4, 0.5) is 14.7 Å². The van der Waals surface area contributed by atoms with Gasteiger partial charge in [0.25, 0.3) is 5.78 Å². The first-order valence-corrected chi connectivity index (χ1v) is 8.57. The second kappa shape index (κ2) is 7.23. The molecule has 4 rings (SSSR count). The Morgan fingerprint density at radius 3 is 2.24 bits per heavy atom. The number of aromatic nitrogens is 2. The minimum atomic E-state index is -1.29. The molecule has 1 aliphatic heterocycles. The molecule has 2 aromatic carbocycles. The number of amides is 1. The first-order valence-electron chi connectivity index (χ1n) is 8.57. The highest BCUT2D eigenvalue weighted by Crippen LogP contribution is 2.41. The van der Waals surface area contributed by atoms with Gasteiger partial charge in [0.2, 0.25) is 5.95 Å². The number of aliphatic hydroxyl groups excluding tert-OH is 1. The van der Waals surface area contributed by atoms with Crippen LogP contribution in [0.2, 0.25) is 0 Å². The lowest BCUT2D eigenvalue weighted by molar-refractivity contribution is -0.132. The predicted octanol–water partition coefficient (Wildman–Crippen LogP) is 3.38. The van der Waals surface area contributed by atoms with Crippen molar-refractivity contribution in [1.29, 1.82) is 0 Å². The highest BCUT2D eigenvalue weighted by molar-refractivity contribution is 6.51. The molecule has 144 valence electrons. The zero-order valence-electron chi connectivity index (χ0n) is 14.8. The summed E-state index contributed by atoms with van der Waals surface area (Å²) >= 11 is 0. The lowest BCUT2D eigenvalue weighted by Crippen LogP contribution is -2.31. The molecule has 0 bridgehead atoms. The smallest absolute Gasteiger partial charge is 0.302 e. The molecule has 1 saturated heterocycles. The highest BCUT2D eigenvalue weighted by atomic mass is 19.1. The van der Waals surface area contributed by atoms with Crippen LogP contribution < -0.4 is 4.90 Å². The maximum absolute atomic E-state index is 14.6. The molecule has 3 aromatic rings. The summed E-state index contributed by atoms with van der Waals surface area (Å²) in [5.41, 5.74) is -0.235. The Hall–Kier alpha value is -3.94. The fraction of sp³-hybridized carbons (Fsp3) is 0.0476. The third kappa shape index (κ3) is 3.14. The van der Waals surface area contributed by atoms with E-state index in [4.69, 9.17) is 0 Å². The van der Waals surface area contributed by atoms with Gasteiger partial charge >= 0.3 is 5.91 Å². The molecular weight excluding hydrogens is 380 g/mol. The second-order valence-electron chi connectivity index (χ2n) is 6.25. The van der Waals surface area contributed by atoms with Gasteiger partial charge in [0.05, 0.1) is 5.57 Å². The van der Waals surface area contributed by atoms with Crippen LogP contribution in [0.1, 0.15) is 17.2 Å². The number of nitrogens with zero attached hydrogens (tertiary/aromatic N) is 3. The van der Waals surface area contributed by atoms with Crippen molar-refractivity contribution in [2.24, 2.45) is 0 Å². The standard InChI is InChI=1S/C21H13F2N3O3/c22-13-8-6-12(7-9-13)18(27)16-17(14-4-1-2-5-15(14)23)26(20(29)19(16)28)21-24-10-3-11-25-21/h1-11,17,27H. The molecule has 2 heterocycles. The molecular formula is C21H13F2N3O3. The molecule has 0 radical (unpaired) electrons. The van der Waals surface area contributed by atoms with Crippen LogP contribution >= 0.6 is 0 Å². The largest absolute Gasteiger partial charge is 0.507 e. The van der Waals surface area contributed by atoms with E-state index in [0.717, 1.165) is 17.0 Å². The average molecular weight is 393 g/mol. The minimum absolute atomic E-state index is 0.0113. The maximum atomic E-state index is 14.6. The SMILES string of the molecule is O=C1C(=O)N(c2ncccn2)C(c2ccccc2F)C1=C(O)c1ccc(F)cc1. The molecule has 6 nitrogen and oxygen atoms in total. The number of anilines is 1. The van der Waals surface area contributed by atoms with Crippen LogP contribution in [0, 0.1) is 11.6 Å². The molecule has 0 aliphatic carbocycles. The van der Waals surface area contributed by atoms with E-state index in [1.54, 1.807) is 6.07 Å². The summed E-state index contributed by atoms with van der Waals surface area (Å²) < 4.78 is 27.9. The Balaban J connectivity index is 1.97. The highest BCUT2D eigenvalue weighted by Gasteiger charge is 2.48. The van der Waals surface area contributed by atoms with Gasteiger partial charge in [-0.1, -0.05) is 18.2 Å². The quantitative estimate of drug-likeness (QED) is 0.419. The van der Waals surface area contributed by atoms with E-state index >= 15 is 0 Å². The van der Waals surface area contributed by atoms with Crippen LogP contribution in [0.25, 0.3) is 5.76 Å². The van der Waals surface area contributed by atoms with Crippen molar-refractivity contribution in [2.45, 2.75) is 6.04 Å². The van der Waals surface area contributed by atoms with E-state index in [1.165, 1.54) is 48.8 Å². The number of hydrogen-bond donors (Lipinski definition) is 1. The summed E-state index contributed by atoms with van der Waals surface area (Å²) in [5.74, 6) is -3.90. The third-order valence-corrected chi connectivity index (χ3v) is 4.53. The molecule has 1 amide bonds. The summed E-state index contributed by atoms with van der Waals surface area (Å²) in [6.07, 6.45) is 2.75. The van der Waals surface area contributed by atoms with Gasteiger partial charge in [-0.05, 0) is 36.4 Å². The van der Waals surface area contributed by atoms with Gasteiger partial charge in [0.1, 0.15) is 23.4 Å². The van der Waals surface area contributed by atoms with Gasteiger partial charge in [0, 0.05) is 23.5 Å². The molecule has 1 fully saturated rings. The zero-order chi connectivity index (χ0) is 20.5. The lowest BCUT2D eigenvalue weighted by atomic mass is 9.95. The molecule has 1 atom stereocenters. The molecule has 0 spiro atoms. The van der Waals surface area contributed by atoms with E-state index in [2.05, 4.69) is 9.97 Å². The Morgan fingerprint density at radius 1 is 0.931 bits per heavy atom. The zero-order valence-corrected chi connectivity index (χ0v) is 14.8. The second-order valence-corrected chi connectivity index (χ2v) is 6.25. The number of carbonyl (C=O) groups excluding carboxylic acids is 2. The van der Waals surface area contributed by atoms with Crippen LogP contribution in [0.3, 0.4) is 0 Å². The summed E-state index contributed by atoms with van der Waals surface area (Å²) in [6, 6.07) is 10.5. The van der Waals surface area contributed by atoms with Crippen molar-refractivity contribution in [2.75, 3.05) is 4.90 Å². The first kappa shape index (κ1) is 18.4. The topological polar surface area (TPSA) is 83.4 Å². The van der Waals surface area contributed by atoms with Gasteiger partial charge < -0.3 is 5.11 Å². The fourth-order valence-electron chi connectivity index (χ4n) is 3.21. The van der Waals surface area contributed by atoms with Gasteiger partial charge in [-0.25, -0.2) is 18.7 Å². The predicted molar refractivity (Wildman–Crippen MR) is 99.6 cm³/mol. The van der Waals surface area contributed by atoms with Gasteiger partial charge in [-0.2, -0.15) is 0 Å². The summed E-state index contributed by atoms with van der Waals surface area (Å²) in [7, 11) is 0. The number of hydrogen-bond acceptors (Lipinski definition) is 5. The average Bonchev–Trinajstić information content (AvgIpc) is 3.00. The molecule has 1 aromatic heterocycles. The van der Waals surface area contributed by atoms with Crippen molar-refractivity contribution in [3.63, 3.8) is 0 Å². The van der Waals surface area contributed by atoms with E-state index < -0.39 is 35.1 Å². The Kier molecular flexibility index (Phi) is 4.59. The van der Waals surface area contributed by atoms with Gasteiger partial charge in [-0.15, -0.1) is 0 Å². The van der Waals surface area contributed by atoms with Crippen molar-refractivity contribution < 1.29 is 23.5 Å². The van der Waals surface area contributed by atoms with Crippen molar-refractivity contribution in [3.05, 3.63) is 95.3 Å². The molecule has 29 heavy (non-hydrogen) atoms. The Morgan fingerprint density at radius 2 is 1.59 bits per heavy atom. The van der Waals surface area contributed by atoms with Crippen molar-refractivity contribution in [1.82, 2.24) is 9.97 Å². The Labute approximate surface area is 163 Å². The van der Waals surface area contributed by atoms with Crippen LogP contribution in [0.5, 0.6) is 0 Å². The Bertz CT molecular complexity index is 1130. The van der Waals surface area contributed by atoms with Gasteiger partial charge in [0.15, 0.2) is 0 Å². The summed E-state index contributed by atoms with van der Waals surface area (Å²) in [4.78, 5) is 34.5. The van der Waals surface area contributed by atoms with Gasteiger partial charge in [-0.3, -0.25) is 14.5 Å². The first-order chi connectivity index (χ1) is 14.0. The maximum Gasteiger partial charge on any atom is 0.302 e. The van der Waals surface area contributed by atoms with Crippen molar-refractivity contribution in [3.8, 4) is 0 Å². The van der Waals surface area contributed by atoms with E-state index in [1.807, 2.05) is 0 Å². The monoisotopic (exact) mass is 393 g/mol. The number of ketones is 1. The molecule has 1 N–H and O–H groups in total. The fourth-order valence-corrected chi connectivity index (χ4v) is 3.21. The lowest BCUT2D eigenvalue weighted by Gasteiger charge is -2.23. The number of carbonyl (C=O) groups is 2. The van der Waals surface area contributed by atoms with Crippen LogP contribution in [0.15, 0.2) is 72.6 Å². The number of benzene rings is 2. The molecule has 1 aliphatic rings. The van der Waals surface area contributed by atoms with Crippen molar-refractivity contribution >= 4 is 23.4 Å². The number of aliphatic hydroxyl groups is 1.